The molecule has 0 saturated carbocycles. The number of imidazole rings is 1. The molecule has 0 aliphatic carbocycles. The van der Waals surface area contributed by atoms with E-state index in [-0.39, 0.29) is 5.03 Å². The number of aromatic nitrogens is 2. The molecule has 1 N–H and O–H groups in total. The first-order valence-electron chi connectivity index (χ1n) is 6.62. The third-order valence-corrected chi connectivity index (χ3v) is 5.22. The normalized spacial score (nSPS) is 18.1. The number of rotatable bonds is 5. The van der Waals surface area contributed by atoms with Gasteiger partial charge in [-0.3, -0.25) is 0 Å². The molecule has 0 amide bonds. The van der Waals surface area contributed by atoms with Gasteiger partial charge in [-0.25, -0.2) is 13.4 Å². The maximum absolute atomic E-state index is 12.4. The van der Waals surface area contributed by atoms with Crippen molar-refractivity contribution in [1.82, 2.24) is 14.3 Å². The van der Waals surface area contributed by atoms with Crippen LogP contribution in [-0.4, -0.2) is 49.5 Å². The summed E-state index contributed by atoms with van der Waals surface area (Å²) in [6.45, 7) is 3.92. The van der Waals surface area contributed by atoms with Gasteiger partial charge in [-0.15, -0.1) is 0 Å². The molecule has 0 aromatic carbocycles. The Morgan fingerprint density at radius 2 is 2.16 bits per heavy atom. The second kappa shape index (κ2) is 6.02. The number of sulfonamides is 1. The van der Waals surface area contributed by atoms with Crippen LogP contribution in [0.2, 0.25) is 0 Å². The largest absolute Gasteiger partial charge is 0.381 e. The van der Waals surface area contributed by atoms with Crippen molar-refractivity contribution in [2.24, 2.45) is 5.92 Å². The highest BCUT2D eigenvalue weighted by molar-refractivity contribution is 7.89. The van der Waals surface area contributed by atoms with Gasteiger partial charge in [0, 0.05) is 33.2 Å². The fraction of sp³-hybridized carbons (Fsp3) is 0.750. The van der Waals surface area contributed by atoms with Gasteiger partial charge in [-0.1, -0.05) is 6.92 Å². The minimum atomic E-state index is -3.45. The smallest absolute Gasteiger partial charge is 0.259 e. The van der Waals surface area contributed by atoms with Gasteiger partial charge in [0.25, 0.3) is 10.0 Å². The lowest BCUT2D eigenvalue weighted by atomic mass is 10.0. The number of hydrogen-bond donors (Lipinski definition) is 1. The lowest BCUT2D eigenvalue weighted by Gasteiger charge is -2.26. The second-order valence-corrected chi connectivity index (χ2v) is 6.90. The van der Waals surface area contributed by atoms with Crippen molar-refractivity contribution in [1.29, 1.82) is 0 Å². The predicted molar refractivity (Wildman–Crippen MR) is 71.3 cm³/mol. The third-order valence-electron chi connectivity index (χ3n) is 3.48. The van der Waals surface area contributed by atoms with E-state index in [4.69, 9.17) is 4.74 Å². The van der Waals surface area contributed by atoms with Gasteiger partial charge in [0.2, 0.25) is 0 Å². The summed E-state index contributed by atoms with van der Waals surface area (Å²) in [6, 6.07) is 0. The number of aryl methyl sites for hydroxylation is 1. The molecule has 0 atom stereocenters. The van der Waals surface area contributed by atoms with E-state index in [1.807, 2.05) is 6.92 Å². The molecule has 1 aliphatic heterocycles. The number of aromatic amines is 1. The first kappa shape index (κ1) is 14.5. The van der Waals surface area contributed by atoms with Crippen LogP contribution < -0.4 is 0 Å². The summed E-state index contributed by atoms with van der Waals surface area (Å²) in [7, 11) is -1.83. The summed E-state index contributed by atoms with van der Waals surface area (Å²) in [6.07, 6.45) is 3.93. The van der Waals surface area contributed by atoms with Crippen LogP contribution in [0.4, 0.5) is 0 Å². The lowest BCUT2D eigenvalue weighted by molar-refractivity contribution is 0.0620. The topological polar surface area (TPSA) is 75.3 Å². The molecule has 19 heavy (non-hydrogen) atoms. The van der Waals surface area contributed by atoms with E-state index < -0.39 is 10.0 Å². The lowest BCUT2D eigenvalue weighted by Crippen LogP contribution is -2.34. The number of nitrogens with one attached hydrogen (secondary N) is 1. The molecule has 1 aromatic rings. The van der Waals surface area contributed by atoms with E-state index in [1.54, 1.807) is 7.05 Å². The van der Waals surface area contributed by atoms with Crippen LogP contribution in [0.15, 0.2) is 11.2 Å². The van der Waals surface area contributed by atoms with Crippen LogP contribution in [-0.2, 0) is 21.2 Å². The van der Waals surface area contributed by atoms with Crippen molar-refractivity contribution in [2.45, 2.75) is 31.2 Å². The van der Waals surface area contributed by atoms with Gasteiger partial charge >= 0.3 is 0 Å². The second-order valence-electron chi connectivity index (χ2n) is 4.89. The molecular weight excluding hydrogens is 266 g/mol. The first-order valence-corrected chi connectivity index (χ1v) is 8.06. The quantitative estimate of drug-likeness (QED) is 0.877. The van der Waals surface area contributed by atoms with E-state index in [0.29, 0.717) is 24.7 Å². The van der Waals surface area contributed by atoms with Gasteiger partial charge in [0.05, 0.1) is 6.20 Å². The molecule has 0 spiro atoms. The summed E-state index contributed by atoms with van der Waals surface area (Å²) < 4.78 is 31.4. The zero-order valence-electron chi connectivity index (χ0n) is 11.4. The van der Waals surface area contributed by atoms with E-state index in [1.165, 1.54) is 10.5 Å². The van der Waals surface area contributed by atoms with Crippen molar-refractivity contribution in [3.8, 4) is 0 Å². The monoisotopic (exact) mass is 287 g/mol. The third kappa shape index (κ3) is 3.34. The van der Waals surface area contributed by atoms with Gasteiger partial charge in [0.1, 0.15) is 5.82 Å². The van der Waals surface area contributed by atoms with Crippen LogP contribution in [0.3, 0.4) is 0 Å². The molecular formula is C12H21N3O3S. The van der Waals surface area contributed by atoms with Crippen LogP contribution in [0.5, 0.6) is 0 Å². The number of hydrogen-bond acceptors (Lipinski definition) is 4. The summed E-state index contributed by atoms with van der Waals surface area (Å²) >= 11 is 0. The summed E-state index contributed by atoms with van der Waals surface area (Å²) in [4.78, 5) is 6.90. The molecule has 1 aliphatic rings. The minimum Gasteiger partial charge on any atom is -0.381 e. The van der Waals surface area contributed by atoms with E-state index >= 15 is 0 Å². The number of H-pyrrole nitrogens is 1. The zero-order valence-corrected chi connectivity index (χ0v) is 12.2. The van der Waals surface area contributed by atoms with E-state index in [0.717, 1.165) is 26.1 Å². The Kier molecular flexibility index (Phi) is 4.59. The van der Waals surface area contributed by atoms with Crippen LogP contribution in [0.25, 0.3) is 0 Å². The van der Waals surface area contributed by atoms with E-state index in [2.05, 4.69) is 9.97 Å². The summed E-state index contributed by atoms with van der Waals surface area (Å²) in [5.74, 6) is 1.07. The van der Waals surface area contributed by atoms with Crippen LogP contribution in [0.1, 0.15) is 25.6 Å². The van der Waals surface area contributed by atoms with Crippen LogP contribution >= 0.6 is 0 Å². The number of nitrogens with zero attached hydrogens (tertiary/aromatic N) is 2. The van der Waals surface area contributed by atoms with E-state index in [9.17, 15) is 8.42 Å². The molecule has 0 radical (unpaired) electrons. The Morgan fingerprint density at radius 3 is 2.74 bits per heavy atom. The van der Waals surface area contributed by atoms with Crippen molar-refractivity contribution in [3.63, 3.8) is 0 Å². The maximum atomic E-state index is 12.4. The maximum Gasteiger partial charge on any atom is 0.259 e. The Labute approximate surface area is 114 Å². The molecule has 1 aromatic heterocycles. The van der Waals surface area contributed by atoms with Crippen molar-refractivity contribution < 1.29 is 13.2 Å². The van der Waals surface area contributed by atoms with Gasteiger partial charge in [0.15, 0.2) is 5.03 Å². The first-order chi connectivity index (χ1) is 9.04. The van der Waals surface area contributed by atoms with Crippen molar-refractivity contribution in [3.05, 3.63) is 12.0 Å². The van der Waals surface area contributed by atoms with Gasteiger partial charge in [-0.05, 0) is 18.8 Å². The Balaban J connectivity index is 2.05. The van der Waals surface area contributed by atoms with Crippen molar-refractivity contribution in [2.75, 3.05) is 26.8 Å². The molecule has 1 fully saturated rings. The molecule has 1 saturated heterocycles. The highest BCUT2D eigenvalue weighted by atomic mass is 32.2. The average molecular weight is 287 g/mol. The molecule has 2 heterocycles. The minimum absolute atomic E-state index is 0.180. The average Bonchev–Trinajstić information content (AvgIpc) is 2.89. The highest BCUT2D eigenvalue weighted by Gasteiger charge is 2.26. The molecule has 7 heteroatoms. The summed E-state index contributed by atoms with van der Waals surface area (Å²) in [5, 5.41) is 0.180. The molecule has 0 unspecified atom stereocenters. The fourth-order valence-electron chi connectivity index (χ4n) is 2.21. The van der Waals surface area contributed by atoms with Gasteiger partial charge in [-0.2, -0.15) is 4.31 Å². The summed E-state index contributed by atoms with van der Waals surface area (Å²) in [5.41, 5.74) is 0. The standard InChI is InChI=1S/C12H21N3O3S/c1-3-11-13-8-12(14-11)19(16,17)15(2)9-10-4-6-18-7-5-10/h8,10H,3-7,9H2,1-2H3,(H,13,14). The van der Waals surface area contributed by atoms with Crippen molar-refractivity contribution >= 4 is 10.0 Å². The molecule has 0 bridgehead atoms. The van der Waals surface area contributed by atoms with Crippen LogP contribution in [0, 0.1) is 5.92 Å². The molecule has 108 valence electrons. The number of ether oxygens (including phenoxy) is 1. The molecule has 2 rings (SSSR count). The Hall–Kier alpha value is -0.920. The van der Waals surface area contributed by atoms with Gasteiger partial charge < -0.3 is 9.72 Å². The highest BCUT2D eigenvalue weighted by Crippen LogP contribution is 2.19. The zero-order chi connectivity index (χ0) is 13.9. The predicted octanol–water partition coefficient (Wildman–Crippen LogP) is 1.02. The Morgan fingerprint density at radius 1 is 1.47 bits per heavy atom. The Bertz CT molecular complexity index is 506. The SMILES string of the molecule is CCc1ncc(S(=O)(=O)N(C)CC2CCOCC2)[nH]1. The molecule has 6 nitrogen and oxygen atoms in total. The fourth-order valence-corrected chi connectivity index (χ4v) is 3.39.